The van der Waals surface area contributed by atoms with Crippen LogP contribution in [0.3, 0.4) is 0 Å². The van der Waals surface area contributed by atoms with Gasteiger partial charge in [-0.3, -0.25) is 4.79 Å². The zero-order chi connectivity index (χ0) is 11.0. The van der Waals surface area contributed by atoms with Crippen molar-refractivity contribution in [1.82, 2.24) is 0 Å². The Kier molecular flexibility index (Phi) is 2.30. The number of carbonyl (C=O) groups is 1. The summed E-state index contributed by atoms with van der Waals surface area (Å²) in [5.41, 5.74) is 0.850. The molecule has 3 nitrogen and oxygen atoms in total. The number of nitrogens with one attached hydrogen (secondary N) is 1. The zero-order valence-corrected chi connectivity index (χ0v) is 8.18. The molecule has 2 rings (SSSR count). The van der Waals surface area contributed by atoms with Gasteiger partial charge in [0.15, 0.2) is 11.6 Å². The van der Waals surface area contributed by atoms with E-state index in [1.807, 2.05) is 0 Å². The van der Waals surface area contributed by atoms with Crippen LogP contribution < -0.4 is 10.2 Å². The van der Waals surface area contributed by atoms with Gasteiger partial charge in [0, 0.05) is 18.7 Å². The van der Waals surface area contributed by atoms with E-state index in [-0.39, 0.29) is 12.5 Å². The van der Waals surface area contributed by atoms with Gasteiger partial charge >= 0.3 is 0 Å². The van der Waals surface area contributed by atoms with Gasteiger partial charge in [0.1, 0.15) is 0 Å². The molecule has 1 aliphatic heterocycles. The van der Waals surface area contributed by atoms with E-state index in [0.717, 1.165) is 12.1 Å². The molecule has 15 heavy (non-hydrogen) atoms. The minimum Gasteiger partial charge on any atom is -0.374 e. The number of fused-ring (bicyclic) bond motifs is 1. The topological polar surface area (TPSA) is 32.3 Å². The predicted molar refractivity (Wildman–Crippen MR) is 52.9 cm³/mol. The van der Waals surface area contributed by atoms with E-state index >= 15 is 0 Å². The average molecular weight is 212 g/mol. The SMILES string of the molecule is CCN1C(=O)CNc2cc(F)c(F)cc21. The van der Waals surface area contributed by atoms with E-state index < -0.39 is 11.6 Å². The van der Waals surface area contributed by atoms with Crippen LogP contribution in [0.2, 0.25) is 0 Å². The van der Waals surface area contributed by atoms with Gasteiger partial charge in [-0.05, 0) is 6.92 Å². The number of carbonyl (C=O) groups excluding carboxylic acids is 1. The number of likely N-dealkylation sites (N-methyl/N-ethyl adjacent to an activating group) is 1. The molecule has 80 valence electrons. The summed E-state index contributed by atoms with van der Waals surface area (Å²) in [5, 5.41) is 2.75. The maximum absolute atomic E-state index is 13.0. The predicted octanol–water partition coefficient (Wildman–Crippen LogP) is 1.74. The first-order chi connectivity index (χ1) is 7.13. The molecule has 5 heteroatoms. The lowest BCUT2D eigenvalue weighted by Gasteiger charge is -2.29. The fourth-order valence-corrected chi connectivity index (χ4v) is 1.65. The summed E-state index contributed by atoms with van der Waals surface area (Å²) in [5.74, 6) is -1.99. The van der Waals surface area contributed by atoms with Crippen molar-refractivity contribution in [3.63, 3.8) is 0 Å². The number of rotatable bonds is 1. The van der Waals surface area contributed by atoms with Crippen LogP contribution in [0.4, 0.5) is 20.2 Å². The Labute approximate surface area is 85.7 Å². The monoisotopic (exact) mass is 212 g/mol. The molecule has 1 aromatic carbocycles. The molecule has 0 aromatic heterocycles. The van der Waals surface area contributed by atoms with Crippen LogP contribution in [0, 0.1) is 11.6 Å². The summed E-state index contributed by atoms with van der Waals surface area (Å²) in [6, 6.07) is 2.11. The zero-order valence-electron chi connectivity index (χ0n) is 8.18. The number of hydrogen-bond donors (Lipinski definition) is 1. The van der Waals surface area contributed by atoms with Crippen molar-refractivity contribution in [3.8, 4) is 0 Å². The second kappa shape index (κ2) is 3.49. The van der Waals surface area contributed by atoms with E-state index in [4.69, 9.17) is 0 Å². The molecule has 0 saturated heterocycles. The van der Waals surface area contributed by atoms with Crippen LogP contribution >= 0.6 is 0 Å². The van der Waals surface area contributed by atoms with Crippen LogP contribution in [-0.4, -0.2) is 19.0 Å². The minimum absolute atomic E-state index is 0.117. The highest BCUT2D eigenvalue weighted by molar-refractivity contribution is 6.02. The molecule has 1 aliphatic rings. The second-order valence-corrected chi connectivity index (χ2v) is 3.28. The Morgan fingerprint density at radius 1 is 1.40 bits per heavy atom. The van der Waals surface area contributed by atoms with Crippen molar-refractivity contribution in [3.05, 3.63) is 23.8 Å². The van der Waals surface area contributed by atoms with Crippen molar-refractivity contribution >= 4 is 17.3 Å². The molecule has 0 unspecified atom stereocenters. The smallest absolute Gasteiger partial charge is 0.246 e. The quantitative estimate of drug-likeness (QED) is 0.769. The van der Waals surface area contributed by atoms with E-state index in [1.54, 1.807) is 6.92 Å². The lowest BCUT2D eigenvalue weighted by molar-refractivity contribution is -0.117. The van der Waals surface area contributed by atoms with Gasteiger partial charge in [-0.25, -0.2) is 8.78 Å². The van der Waals surface area contributed by atoms with E-state index in [9.17, 15) is 13.6 Å². The molecule has 0 saturated carbocycles. The van der Waals surface area contributed by atoms with Gasteiger partial charge in [0.25, 0.3) is 0 Å². The van der Waals surface area contributed by atoms with E-state index in [0.29, 0.717) is 17.9 Å². The Morgan fingerprint density at radius 3 is 2.73 bits per heavy atom. The minimum atomic E-state index is -0.941. The molecule has 1 N–H and O–H groups in total. The summed E-state index contributed by atoms with van der Waals surface area (Å²) in [4.78, 5) is 12.9. The van der Waals surface area contributed by atoms with Gasteiger partial charge < -0.3 is 10.2 Å². The first-order valence-electron chi connectivity index (χ1n) is 4.66. The van der Waals surface area contributed by atoms with Crippen molar-refractivity contribution in [2.24, 2.45) is 0 Å². The molecule has 1 amide bonds. The molecule has 1 heterocycles. The highest BCUT2D eigenvalue weighted by atomic mass is 19.2. The number of benzene rings is 1. The van der Waals surface area contributed by atoms with Crippen LogP contribution in [0.15, 0.2) is 12.1 Å². The molecular weight excluding hydrogens is 202 g/mol. The highest BCUT2D eigenvalue weighted by Crippen LogP contribution is 2.31. The summed E-state index contributed by atoms with van der Waals surface area (Å²) < 4.78 is 25.9. The van der Waals surface area contributed by atoms with Gasteiger partial charge in [-0.15, -0.1) is 0 Å². The van der Waals surface area contributed by atoms with Crippen molar-refractivity contribution < 1.29 is 13.6 Å². The second-order valence-electron chi connectivity index (χ2n) is 3.28. The summed E-state index contributed by atoms with van der Waals surface area (Å²) in [7, 11) is 0. The third-order valence-electron chi connectivity index (χ3n) is 2.38. The molecule has 0 aliphatic carbocycles. The van der Waals surface area contributed by atoms with Crippen LogP contribution in [-0.2, 0) is 4.79 Å². The maximum Gasteiger partial charge on any atom is 0.246 e. The van der Waals surface area contributed by atoms with Gasteiger partial charge in [0.05, 0.1) is 17.9 Å². The number of anilines is 2. The first kappa shape index (κ1) is 9.89. The number of amides is 1. The van der Waals surface area contributed by atoms with E-state index in [2.05, 4.69) is 5.32 Å². The van der Waals surface area contributed by atoms with Crippen LogP contribution in [0.1, 0.15) is 6.92 Å². The largest absolute Gasteiger partial charge is 0.374 e. The summed E-state index contributed by atoms with van der Waals surface area (Å²) in [6.07, 6.45) is 0. The molecule has 0 atom stereocenters. The van der Waals surface area contributed by atoms with Gasteiger partial charge in [0.2, 0.25) is 5.91 Å². The van der Waals surface area contributed by atoms with Crippen molar-refractivity contribution in [2.45, 2.75) is 6.92 Å². The Bertz CT molecular complexity index is 420. The third kappa shape index (κ3) is 1.54. The summed E-state index contributed by atoms with van der Waals surface area (Å²) >= 11 is 0. The van der Waals surface area contributed by atoms with E-state index in [1.165, 1.54) is 4.90 Å². The third-order valence-corrected chi connectivity index (χ3v) is 2.38. The molecular formula is C10H10F2N2O. The number of halogens is 2. The van der Waals surface area contributed by atoms with Gasteiger partial charge in [-0.2, -0.15) is 0 Å². The summed E-state index contributed by atoms with van der Waals surface area (Å²) in [6.45, 7) is 2.35. The maximum atomic E-state index is 13.0. The Morgan fingerprint density at radius 2 is 2.07 bits per heavy atom. The average Bonchev–Trinajstić information content (AvgIpc) is 2.21. The molecule has 0 radical (unpaired) electrons. The lowest BCUT2D eigenvalue weighted by Crippen LogP contribution is -2.39. The van der Waals surface area contributed by atoms with Crippen molar-refractivity contribution in [2.75, 3.05) is 23.3 Å². The first-order valence-corrected chi connectivity index (χ1v) is 4.66. The number of nitrogens with zero attached hydrogens (tertiary/aromatic N) is 1. The molecule has 0 fully saturated rings. The lowest BCUT2D eigenvalue weighted by atomic mass is 10.2. The fraction of sp³-hybridized carbons (Fsp3) is 0.300. The van der Waals surface area contributed by atoms with Gasteiger partial charge in [-0.1, -0.05) is 0 Å². The molecule has 1 aromatic rings. The highest BCUT2D eigenvalue weighted by Gasteiger charge is 2.24. The Balaban J connectivity index is 2.53. The molecule has 0 bridgehead atoms. The van der Waals surface area contributed by atoms with Crippen molar-refractivity contribution in [1.29, 1.82) is 0 Å². The van der Waals surface area contributed by atoms with Crippen LogP contribution in [0.25, 0.3) is 0 Å². The van der Waals surface area contributed by atoms with Crippen LogP contribution in [0.5, 0.6) is 0 Å². The number of hydrogen-bond acceptors (Lipinski definition) is 2. The molecule has 0 spiro atoms. The Hall–Kier alpha value is -1.65. The fourth-order valence-electron chi connectivity index (χ4n) is 1.65. The standard InChI is InChI=1S/C10H10F2N2O/c1-2-14-9-4-7(12)6(11)3-8(9)13-5-10(14)15/h3-4,13H,2,5H2,1H3. The normalized spacial score (nSPS) is 14.9.